The predicted molar refractivity (Wildman–Crippen MR) is 204 cm³/mol. The maximum atomic E-state index is 9.76. The molecule has 0 bridgehead atoms. The summed E-state index contributed by atoms with van der Waals surface area (Å²) < 4.78 is 4.93. The van der Waals surface area contributed by atoms with Crippen LogP contribution in [0.15, 0.2) is 158 Å². The molecule has 0 unspecified atom stereocenters. The lowest BCUT2D eigenvalue weighted by Crippen LogP contribution is -1.94. The number of hydrogen-bond acceptors (Lipinski definition) is 2. The van der Waals surface area contributed by atoms with E-state index in [4.69, 9.17) is 0 Å². The number of thiophene rings is 1. The van der Waals surface area contributed by atoms with Crippen LogP contribution in [0.4, 0.5) is 0 Å². The van der Waals surface area contributed by atoms with Crippen LogP contribution < -0.4 is 0 Å². The number of fused-ring (bicyclic) bond motifs is 8. The van der Waals surface area contributed by atoms with Gasteiger partial charge in [-0.15, -0.1) is 11.3 Å². The number of nitrogens with zero attached hydrogens (tertiary/aromatic N) is 2. The Morgan fingerprint density at radius 2 is 0.938 bits per heavy atom. The van der Waals surface area contributed by atoms with E-state index in [1.165, 1.54) is 69.4 Å². The summed E-state index contributed by atoms with van der Waals surface area (Å²) in [4.78, 5) is 0. The molecule has 0 saturated carbocycles. The van der Waals surface area contributed by atoms with Crippen LogP contribution in [0.3, 0.4) is 0 Å². The fraction of sp³-hybridized carbons (Fsp3) is 0. The molecule has 0 amide bonds. The molecule has 3 heteroatoms. The number of para-hydroxylation sites is 1. The topological polar surface area (TPSA) is 28.7 Å². The van der Waals surface area contributed by atoms with Crippen molar-refractivity contribution in [1.82, 2.24) is 4.57 Å². The molecule has 0 spiro atoms. The van der Waals surface area contributed by atoms with Gasteiger partial charge in [0.1, 0.15) is 0 Å². The SMILES string of the molecule is N#Cc1ccc2c3ccc(-c4c5ccccc5c(-c5ccc6sc7ccccc7c6c5)c5ccccc45)cc3n(-c3ccccc3)c2c1. The number of nitriles is 1. The van der Waals surface area contributed by atoms with Crippen LogP contribution in [0.5, 0.6) is 0 Å². The summed E-state index contributed by atoms with van der Waals surface area (Å²) in [6.07, 6.45) is 0. The molecule has 0 N–H and O–H groups in total. The second-order valence-electron chi connectivity index (χ2n) is 12.4. The van der Waals surface area contributed by atoms with E-state index in [0.29, 0.717) is 5.56 Å². The molecule has 48 heavy (non-hydrogen) atoms. The maximum absolute atomic E-state index is 9.76. The second kappa shape index (κ2) is 10.4. The van der Waals surface area contributed by atoms with Gasteiger partial charge in [0, 0.05) is 36.6 Å². The van der Waals surface area contributed by atoms with E-state index < -0.39 is 0 Å². The number of hydrogen-bond donors (Lipinski definition) is 0. The maximum Gasteiger partial charge on any atom is 0.0992 e. The Hall–Kier alpha value is -6.21. The molecule has 10 aromatic rings. The molecule has 0 saturated heterocycles. The summed E-state index contributed by atoms with van der Waals surface area (Å²) in [5, 5.41) is 19.6. The van der Waals surface area contributed by atoms with E-state index in [1.54, 1.807) is 0 Å². The molecule has 0 aliphatic rings. The molecular weight excluding hydrogens is 601 g/mol. The first-order valence-corrected chi connectivity index (χ1v) is 17.0. The third-order valence-electron chi connectivity index (χ3n) is 9.80. The minimum absolute atomic E-state index is 0.656. The Morgan fingerprint density at radius 1 is 0.417 bits per heavy atom. The Kier molecular flexibility index (Phi) is 5.84. The predicted octanol–water partition coefficient (Wildman–Crippen LogP) is 12.7. The largest absolute Gasteiger partial charge is 0.309 e. The minimum Gasteiger partial charge on any atom is -0.309 e. The summed E-state index contributed by atoms with van der Waals surface area (Å²) in [5.41, 5.74) is 8.79. The molecule has 2 aromatic heterocycles. The van der Waals surface area contributed by atoms with Crippen molar-refractivity contribution >= 4 is 74.9 Å². The van der Waals surface area contributed by atoms with E-state index in [9.17, 15) is 5.26 Å². The highest BCUT2D eigenvalue weighted by Crippen LogP contribution is 2.46. The Labute approximate surface area is 281 Å². The monoisotopic (exact) mass is 626 g/mol. The lowest BCUT2D eigenvalue weighted by Gasteiger charge is -2.18. The fourth-order valence-corrected chi connectivity index (χ4v) is 8.82. The van der Waals surface area contributed by atoms with Crippen LogP contribution in [-0.2, 0) is 0 Å². The van der Waals surface area contributed by atoms with Gasteiger partial charge in [-0.1, -0.05) is 109 Å². The molecule has 8 aromatic carbocycles. The second-order valence-corrected chi connectivity index (χ2v) is 13.5. The molecule has 0 aliphatic heterocycles. The first-order chi connectivity index (χ1) is 23.8. The van der Waals surface area contributed by atoms with E-state index in [2.05, 4.69) is 150 Å². The van der Waals surface area contributed by atoms with Gasteiger partial charge < -0.3 is 4.57 Å². The number of benzene rings is 8. The van der Waals surface area contributed by atoms with Crippen molar-refractivity contribution in [3.8, 4) is 34.0 Å². The standard InChI is InChI=1S/C45H26N2S/c46-27-28-18-21-32-33-22-19-30(26-41(33)47(40(32)24-28)31-10-2-1-3-11-31)45-37-15-6-4-13-35(37)44(36-14-5-7-16-38(36)45)29-20-23-43-39(25-29)34-12-8-9-17-42(34)48-43/h1-26H. The van der Waals surface area contributed by atoms with Crippen LogP contribution in [0.25, 0.3) is 91.5 Å². The average Bonchev–Trinajstić information content (AvgIpc) is 3.68. The van der Waals surface area contributed by atoms with Crippen molar-refractivity contribution in [3.63, 3.8) is 0 Å². The Morgan fingerprint density at radius 3 is 1.60 bits per heavy atom. The van der Waals surface area contributed by atoms with E-state index in [1.807, 2.05) is 29.5 Å². The summed E-state index contributed by atoms with van der Waals surface area (Å²) in [6, 6.07) is 59.1. The zero-order valence-electron chi connectivity index (χ0n) is 25.8. The van der Waals surface area contributed by atoms with Gasteiger partial charge in [-0.05, 0) is 92.3 Å². The van der Waals surface area contributed by atoms with Crippen molar-refractivity contribution < 1.29 is 0 Å². The van der Waals surface area contributed by atoms with Crippen LogP contribution in [-0.4, -0.2) is 4.57 Å². The highest BCUT2D eigenvalue weighted by molar-refractivity contribution is 7.25. The molecule has 0 atom stereocenters. The molecule has 0 aliphatic carbocycles. The molecule has 2 heterocycles. The first-order valence-electron chi connectivity index (χ1n) is 16.2. The normalized spacial score (nSPS) is 11.7. The molecule has 0 radical (unpaired) electrons. The lowest BCUT2D eigenvalue weighted by atomic mass is 9.85. The van der Waals surface area contributed by atoms with Crippen LogP contribution in [0.2, 0.25) is 0 Å². The van der Waals surface area contributed by atoms with Gasteiger partial charge in [-0.3, -0.25) is 0 Å². The fourth-order valence-electron chi connectivity index (χ4n) is 7.73. The van der Waals surface area contributed by atoms with Crippen molar-refractivity contribution in [1.29, 1.82) is 5.26 Å². The minimum atomic E-state index is 0.656. The Bertz CT molecular complexity index is 2900. The summed E-state index contributed by atoms with van der Waals surface area (Å²) >= 11 is 1.86. The molecule has 0 fully saturated rings. The zero-order valence-corrected chi connectivity index (χ0v) is 26.6. The Balaban J connectivity index is 1.29. The number of aromatic nitrogens is 1. The van der Waals surface area contributed by atoms with Crippen molar-refractivity contribution in [3.05, 3.63) is 163 Å². The lowest BCUT2D eigenvalue weighted by molar-refractivity contribution is 1.18. The van der Waals surface area contributed by atoms with Gasteiger partial charge in [0.15, 0.2) is 0 Å². The summed E-state index contributed by atoms with van der Waals surface area (Å²) in [7, 11) is 0. The highest BCUT2D eigenvalue weighted by Gasteiger charge is 2.19. The van der Waals surface area contributed by atoms with E-state index in [-0.39, 0.29) is 0 Å². The van der Waals surface area contributed by atoms with Gasteiger partial charge >= 0.3 is 0 Å². The quantitative estimate of drug-likeness (QED) is 0.179. The molecule has 10 rings (SSSR count). The molecular formula is C45H26N2S. The van der Waals surface area contributed by atoms with Crippen molar-refractivity contribution in [2.75, 3.05) is 0 Å². The van der Waals surface area contributed by atoms with Gasteiger partial charge in [0.25, 0.3) is 0 Å². The first kappa shape index (κ1) is 27.0. The molecule has 2 nitrogen and oxygen atoms in total. The highest BCUT2D eigenvalue weighted by atomic mass is 32.1. The number of rotatable bonds is 3. The zero-order chi connectivity index (χ0) is 31.8. The smallest absolute Gasteiger partial charge is 0.0992 e. The average molecular weight is 627 g/mol. The van der Waals surface area contributed by atoms with Crippen molar-refractivity contribution in [2.45, 2.75) is 0 Å². The molecule has 222 valence electrons. The third-order valence-corrected chi connectivity index (χ3v) is 10.9. The van der Waals surface area contributed by atoms with E-state index in [0.717, 1.165) is 22.1 Å². The van der Waals surface area contributed by atoms with Gasteiger partial charge in [0.05, 0.1) is 22.7 Å². The van der Waals surface area contributed by atoms with E-state index >= 15 is 0 Å². The summed E-state index contributed by atoms with van der Waals surface area (Å²) in [6.45, 7) is 0. The van der Waals surface area contributed by atoms with Crippen LogP contribution >= 0.6 is 11.3 Å². The van der Waals surface area contributed by atoms with Crippen LogP contribution in [0.1, 0.15) is 5.56 Å². The van der Waals surface area contributed by atoms with Crippen LogP contribution in [0, 0.1) is 11.3 Å². The van der Waals surface area contributed by atoms with Gasteiger partial charge in [0.2, 0.25) is 0 Å². The third kappa shape index (κ3) is 3.91. The van der Waals surface area contributed by atoms with Crippen molar-refractivity contribution in [2.24, 2.45) is 0 Å². The van der Waals surface area contributed by atoms with Gasteiger partial charge in [-0.25, -0.2) is 0 Å². The summed E-state index contributed by atoms with van der Waals surface area (Å²) in [5.74, 6) is 0. The van der Waals surface area contributed by atoms with Gasteiger partial charge in [-0.2, -0.15) is 5.26 Å².